The van der Waals surface area contributed by atoms with Gasteiger partial charge in [0.05, 0.1) is 5.75 Å². The minimum atomic E-state index is -0.488. The summed E-state index contributed by atoms with van der Waals surface area (Å²) in [6, 6.07) is -0.488. The highest BCUT2D eigenvalue weighted by Crippen LogP contribution is 2.08. The zero-order valence-electron chi connectivity index (χ0n) is 13.0. The van der Waals surface area contributed by atoms with Gasteiger partial charge in [0.2, 0.25) is 11.8 Å². The maximum Gasteiger partial charge on any atom is 0.242 e. The number of nitrogens with one attached hydrogen (secondary N) is 2. The first-order valence-electron chi connectivity index (χ1n) is 6.81. The van der Waals surface area contributed by atoms with Crippen molar-refractivity contribution in [1.82, 2.24) is 10.6 Å². The number of thioether (sulfide) groups is 1. The SMILES string of the molecule is CC(C)CCSCC(=O)NC(C)C(=O)NC(C)(C)C. The van der Waals surface area contributed by atoms with Gasteiger partial charge >= 0.3 is 0 Å². The van der Waals surface area contributed by atoms with Crippen molar-refractivity contribution in [3.63, 3.8) is 0 Å². The van der Waals surface area contributed by atoms with Crippen LogP contribution >= 0.6 is 11.8 Å². The molecule has 0 aromatic carbocycles. The molecule has 0 spiro atoms. The number of hydrogen-bond acceptors (Lipinski definition) is 3. The van der Waals surface area contributed by atoms with Crippen LogP contribution in [0.15, 0.2) is 0 Å². The minimum Gasteiger partial charge on any atom is -0.350 e. The molecule has 2 amide bonds. The van der Waals surface area contributed by atoms with Crippen LogP contribution in [0.4, 0.5) is 0 Å². The van der Waals surface area contributed by atoms with Crippen LogP contribution < -0.4 is 10.6 Å². The average molecular weight is 288 g/mol. The summed E-state index contributed by atoms with van der Waals surface area (Å²) in [4.78, 5) is 23.4. The van der Waals surface area contributed by atoms with E-state index in [4.69, 9.17) is 0 Å². The van der Waals surface area contributed by atoms with Gasteiger partial charge < -0.3 is 10.6 Å². The van der Waals surface area contributed by atoms with Gasteiger partial charge in [0, 0.05) is 5.54 Å². The highest BCUT2D eigenvalue weighted by Gasteiger charge is 2.20. The van der Waals surface area contributed by atoms with Crippen molar-refractivity contribution >= 4 is 23.6 Å². The lowest BCUT2D eigenvalue weighted by Crippen LogP contribution is -2.51. The third-order valence-corrected chi connectivity index (χ3v) is 3.33. The summed E-state index contributed by atoms with van der Waals surface area (Å²) in [6.07, 6.45) is 1.11. The van der Waals surface area contributed by atoms with Gasteiger partial charge in [-0.15, -0.1) is 0 Å². The molecule has 0 radical (unpaired) electrons. The van der Waals surface area contributed by atoms with Gasteiger partial charge in [0.1, 0.15) is 6.04 Å². The van der Waals surface area contributed by atoms with Crippen LogP contribution in [0.3, 0.4) is 0 Å². The second-order valence-corrected chi connectivity index (χ2v) is 7.37. The van der Waals surface area contributed by atoms with E-state index in [1.165, 1.54) is 0 Å². The summed E-state index contributed by atoms with van der Waals surface area (Å²) in [5.41, 5.74) is -0.276. The minimum absolute atomic E-state index is 0.0784. The van der Waals surface area contributed by atoms with Crippen LogP contribution in [-0.4, -0.2) is 34.9 Å². The van der Waals surface area contributed by atoms with E-state index in [1.807, 2.05) is 20.8 Å². The average Bonchev–Trinajstić information content (AvgIpc) is 2.21. The van der Waals surface area contributed by atoms with Crippen molar-refractivity contribution in [1.29, 1.82) is 0 Å². The predicted molar refractivity (Wildman–Crippen MR) is 82.3 cm³/mol. The smallest absolute Gasteiger partial charge is 0.242 e. The molecule has 5 heteroatoms. The van der Waals surface area contributed by atoms with Crippen molar-refractivity contribution < 1.29 is 9.59 Å². The molecule has 0 rings (SSSR count). The Morgan fingerprint density at radius 2 is 1.74 bits per heavy atom. The van der Waals surface area contributed by atoms with Gasteiger partial charge in [-0.05, 0) is 45.8 Å². The third-order valence-electron chi connectivity index (χ3n) is 2.34. The van der Waals surface area contributed by atoms with Crippen molar-refractivity contribution in [3.8, 4) is 0 Å². The van der Waals surface area contributed by atoms with Gasteiger partial charge in [-0.25, -0.2) is 0 Å². The predicted octanol–water partition coefficient (Wildman–Crippen LogP) is 2.19. The summed E-state index contributed by atoms with van der Waals surface area (Å²) in [5.74, 6) is 1.83. The van der Waals surface area contributed by atoms with Crippen LogP contribution in [0, 0.1) is 5.92 Å². The van der Waals surface area contributed by atoms with Crippen LogP contribution in [0.1, 0.15) is 48.0 Å². The molecule has 112 valence electrons. The Hall–Kier alpha value is -0.710. The Morgan fingerprint density at radius 3 is 2.21 bits per heavy atom. The normalized spacial score (nSPS) is 13.2. The van der Waals surface area contributed by atoms with Crippen molar-refractivity contribution in [2.75, 3.05) is 11.5 Å². The first kappa shape index (κ1) is 18.3. The fourth-order valence-electron chi connectivity index (χ4n) is 1.31. The molecular weight excluding hydrogens is 260 g/mol. The van der Waals surface area contributed by atoms with Gasteiger partial charge in [-0.2, -0.15) is 11.8 Å². The van der Waals surface area contributed by atoms with Crippen molar-refractivity contribution in [2.24, 2.45) is 5.92 Å². The van der Waals surface area contributed by atoms with Gasteiger partial charge in [-0.3, -0.25) is 9.59 Å². The Bertz CT molecular complexity index is 298. The van der Waals surface area contributed by atoms with E-state index < -0.39 is 6.04 Å². The molecule has 1 atom stereocenters. The highest BCUT2D eigenvalue weighted by atomic mass is 32.2. The lowest BCUT2D eigenvalue weighted by atomic mass is 10.1. The number of carbonyl (C=O) groups excluding carboxylic acids is 2. The largest absolute Gasteiger partial charge is 0.350 e. The second-order valence-electron chi connectivity index (χ2n) is 6.26. The second kappa shape index (κ2) is 8.46. The van der Waals surface area contributed by atoms with Gasteiger partial charge in [0.15, 0.2) is 0 Å². The quantitative estimate of drug-likeness (QED) is 0.706. The standard InChI is InChI=1S/C14H28N2O2S/c1-10(2)7-8-19-9-12(17)15-11(3)13(18)16-14(4,5)6/h10-11H,7-9H2,1-6H3,(H,15,17)(H,16,18). The molecule has 0 aromatic heterocycles. The van der Waals surface area contributed by atoms with E-state index in [9.17, 15) is 9.59 Å². The lowest BCUT2D eigenvalue weighted by Gasteiger charge is -2.23. The zero-order chi connectivity index (χ0) is 15.1. The maximum atomic E-state index is 11.8. The van der Waals surface area contributed by atoms with E-state index in [-0.39, 0.29) is 17.4 Å². The molecule has 0 aromatic rings. The molecule has 0 aliphatic carbocycles. The monoisotopic (exact) mass is 288 g/mol. The van der Waals surface area contributed by atoms with Crippen LogP contribution in [-0.2, 0) is 9.59 Å². The Morgan fingerprint density at radius 1 is 1.16 bits per heavy atom. The summed E-state index contributed by atoms with van der Waals surface area (Å²) in [5, 5.41) is 5.56. The van der Waals surface area contributed by atoms with Crippen LogP contribution in [0.25, 0.3) is 0 Å². The third kappa shape index (κ3) is 10.9. The molecule has 0 aliphatic heterocycles. The zero-order valence-corrected chi connectivity index (χ0v) is 13.8. The molecule has 0 saturated heterocycles. The summed E-state index contributed by atoms with van der Waals surface area (Å²) in [6.45, 7) is 11.8. The molecular formula is C14H28N2O2S. The van der Waals surface area contributed by atoms with Gasteiger partial charge in [0.25, 0.3) is 0 Å². The molecule has 19 heavy (non-hydrogen) atoms. The Labute approximate surface area is 121 Å². The lowest BCUT2D eigenvalue weighted by molar-refractivity contribution is -0.128. The number of hydrogen-bond donors (Lipinski definition) is 2. The fraction of sp³-hybridized carbons (Fsp3) is 0.857. The van der Waals surface area contributed by atoms with E-state index in [2.05, 4.69) is 24.5 Å². The van der Waals surface area contributed by atoms with Crippen molar-refractivity contribution in [3.05, 3.63) is 0 Å². The van der Waals surface area contributed by atoms with Crippen molar-refractivity contribution in [2.45, 2.75) is 59.5 Å². The van der Waals surface area contributed by atoms with E-state index >= 15 is 0 Å². The number of rotatable bonds is 7. The molecule has 4 nitrogen and oxygen atoms in total. The topological polar surface area (TPSA) is 58.2 Å². The summed E-state index contributed by atoms with van der Waals surface area (Å²) < 4.78 is 0. The Kier molecular flexibility index (Phi) is 8.14. The molecule has 0 saturated carbocycles. The van der Waals surface area contributed by atoms with Crippen LogP contribution in [0.5, 0.6) is 0 Å². The molecule has 0 fully saturated rings. The molecule has 2 N–H and O–H groups in total. The van der Waals surface area contributed by atoms with Gasteiger partial charge in [-0.1, -0.05) is 13.8 Å². The molecule has 0 aliphatic rings. The first-order chi connectivity index (χ1) is 8.61. The summed E-state index contributed by atoms with van der Waals surface area (Å²) >= 11 is 1.61. The van der Waals surface area contributed by atoms with Crippen LogP contribution in [0.2, 0.25) is 0 Å². The molecule has 0 heterocycles. The fourth-order valence-corrected chi connectivity index (χ4v) is 2.36. The van der Waals surface area contributed by atoms with E-state index in [0.29, 0.717) is 11.7 Å². The number of amides is 2. The molecule has 1 unspecified atom stereocenters. The van der Waals surface area contributed by atoms with E-state index in [0.717, 1.165) is 12.2 Å². The Balaban J connectivity index is 3.89. The summed E-state index contributed by atoms with van der Waals surface area (Å²) in [7, 11) is 0. The first-order valence-corrected chi connectivity index (χ1v) is 7.96. The highest BCUT2D eigenvalue weighted by molar-refractivity contribution is 7.99. The molecule has 0 bridgehead atoms. The maximum absolute atomic E-state index is 11.8. The number of carbonyl (C=O) groups is 2. The van der Waals surface area contributed by atoms with E-state index in [1.54, 1.807) is 18.7 Å².